The Kier molecular flexibility index (Phi) is 4.98. The third-order valence-corrected chi connectivity index (χ3v) is 3.98. The van der Waals surface area contributed by atoms with Crippen LogP contribution in [0.5, 0.6) is 0 Å². The van der Waals surface area contributed by atoms with Crippen LogP contribution >= 0.6 is 0 Å². The van der Waals surface area contributed by atoms with Crippen LogP contribution in [-0.4, -0.2) is 30.6 Å². The molecule has 1 aliphatic heterocycles. The normalized spacial score (nSPS) is 18.5. The predicted octanol–water partition coefficient (Wildman–Crippen LogP) is 3.57. The first-order valence-electron chi connectivity index (χ1n) is 7.32. The number of nitrogens with zero attached hydrogens (tertiary/aromatic N) is 1. The second-order valence-electron chi connectivity index (χ2n) is 5.63. The molecule has 3 nitrogen and oxygen atoms in total. The molecule has 0 spiro atoms. The molecular weight excluding hydrogens is 279 g/mol. The Morgan fingerprint density at radius 1 is 1.24 bits per heavy atom. The third-order valence-electron chi connectivity index (χ3n) is 3.98. The number of nitrogen functional groups attached to an aromatic ring is 1. The van der Waals surface area contributed by atoms with Gasteiger partial charge in [0.2, 0.25) is 0 Å². The number of anilines is 2. The zero-order chi connectivity index (χ0) is 15.5. The summed E-state index contributed by atoms with van der Waals surface area (Å²) in [5, 5.41) is 3.15. The smallest absolute Gasteiger partial charge is 0.397 e. The summed E-state index contributed by atoms with van der Waals surface area (Å²) in [4.78, 5) is 2.40. The number of rotatable bonds is 4. The first kappa shape index (κ1) is 15.9. The molecule has 6 heteroatoms. The lowest BCUT2D eigenvalue weighted by Crippen LogP contribution is -2.41. The minimum atomic E-state index is -4.35. The van der Waals surface area contributed by atoms with Crippen LogP contribution in [0.3, 0.4) is 0 Å². The lowest BCUT2D eigenvalue weighted by Gasteiger charge is -2.32. The van der Waals surface area contributed by atoms with Crippen LogP contribution in [0.25, 0.3) is 0 Å². The van der Waals surface area contributed by atoms with Crippen LogP contribution in [0, 0.1) is 0 Å². The molecule has 0 aliphatic carbocycles. The molecule has 1 saturated heterocycles. The molecule has 0 radical (unpaired) electrons. The summed E-state index contributed by atoms with van der Waals surface area (Å²) >= 11 is 0. The Morgan fingerprint density at radius 2 is 1.90 bits per heavy atom. The van der Waals surface area contributed by atoms with E-state index in [0.29, 0.717) is 18.3 Å². The Labute approximate surface area is 123 Å². The SMILES string of the molecule is CC(CNc1ccc(C(F)(F)F)cc1N)N1CCCCC1. The number of likely N-dealkylation sites (tertiary alicyclic amines) is 1. The summed E-state index contributed by atoms with van der Waals surface area (Å²) in [6.07, 6.45) is -0.643. The van der Waals surface area contributed by atoms with Crippen molar-refractivity contribution >= 4 is 11.4 Å². The van der Waals surface area contributed by atoms with Crippen LogP contribution in [-0.2, 0) is 6.18 Å². The number of piperidine rings is 1. The highest BCUT2D eigenvalue weighted by molar-refractivity contribution is 5.67. The fourth-order valence-electron chi connectivity index (χ4n) is 2.65. The van der Waals surface area contributed by atoms with Crippen molar-refractivity contribution in [2.75, 3.05) is 30.7 Å². The zero-order valence-corrected chi connectivity index (χ0v) is 12.2. The summed E-state index contributed by atoms with van der Waals surface area (Å²) in [5.74, 6) is 0. The molecule has 1 fully saturated rings. The Morgan fingerprint density at radius 3 is 2.48 bits per heavy atom. The molecule has 0 amide bonds. The van der Waals surface area contributed by atoms with E-state index < -0.39 is 11.7 Å². The molecule has 118 valence electrons. The third kappa shape index (κ3) is 4.27. The molecule has 1 heterocycles. The highest BCUT2D eigenvalue weighted by atomic mass is 19.4. The van der Waals surface area contributed by atoms with Crippen molar-refractivity contribution in [2.45, 2.75) is 38.4 Å². The lowest BCUT2D eigenvalue weighted by atomic mass is 10.1. The molecule has 2 rings (SSSR count). The van der Waals surface area contributed by atoms with E-state index in [0.717, 1.165) is 25.2 Å². The number of nitrogens with one attached hydrogen (secondary N) is 1. The molecule has 1 aliphatic rings. The minimum absolute atomic E-state index is 0.135. The topological polar surface area (TPSA) is 41.3 Å². The molecular formula is C15H22F3N3. The maximum absolute atomic E-state index is 12.6. The summed E-state index contributed by atoms with van der Waals surface area (Å²) in [6.45, 7) is 4.98. The number of nitrogens with two attached hydrogens (primary N) is 1. The van der Waals surface area contributed by atoms with E-state index >= 15 is 0 Å². The zero-order valence-electron chi connectivity index (χ0n) is 12.2. The Bertz CT molecular complexity index is 468. The van der Waals surface area contributed by atoms with Crippen LogP contribution in [0.2, 0.25) is 0 Å². The van der Waals surface area contributed by atoms with E-state index in [1.54, 1.807) is 0 Å². The second kappa shape index (κ2) is 6.56. The van der Waals surface area contributed by atoms with E-state index in [1.807, 2.05) is 0 Å². The van der Waals surface area contributed by atoms with Crippen LogP contribution < -0.4 is 11.1 Å². The molecule has 1 aromatic carbocycles. The van der Waals surface area contributed by atoms with Crippen molar-refractivity contribution in [3.8, 4) is 0 Å². The van der Waals surface area contributed by atoms with Crippen molar-refractivity contribution in [2.24, 2.45) is 0 Å². The molecule has 21 heavy (non-hydrogen) atoms. The van der Waals surface area contributed by atoms with Gasteiger partial charge in [-0.1, -0.05) is 6.42 Å². The average molecular weight is 301 g/mol. The molecule has 1 unspecified atom stereocenters. The number of alkyl halides is 3. The average Bonchev–Trinajstić information content (AvgIpc) is 2.45. The van der Waals surface area contributed by atoms with Gasteiger partial charge in [-0.3, -0.25) is 4.90 Å². The van der Waals surface area contributed by atoms with Crippen LogP contribution in [0.4, 0.5) is 24.5 Å². The lowest BCUT2D eigenvalue weighted by molar-refractivity contribution is -0.137. The van der Waals surface area contributed by atoms with Gasteiger partial charge in [0.1, 0.15) is 0 Å². The Hall–Kier alpha value is -1.43. The first-order chi connectivity index (χ1) is 9.88. The first-order valence-corrected chi connectivity index (χ1v) is 7.32. The van der Waals surface area contributed by atoms with Gasteiger partial charge in [-0.15, -0.1) is 0 Å². The number of benzene rings is 1. The number of hydrogen-bond acceptors (Lipinski definition) is 3. The van der Waals surface area contributed by atoms with Gasteiger partial charge in [-0.25, -0.2) is 0 Å². The fourth-order valence-corrected chi connectivity index (χ4v) is 2.65. The van der Waals surface area contributed by atoms with Gasteiger partial charge in [-0.05, 0) is 51.1 Å². The van der Waals surface area contributed by atoms with E-state index in [2.05, 4.69) is 17.1 Å². The molecule has 0 aromatic heterocycles. The molecule has 1 aromatic rings. The van der Waals surface area contributed by atoms with Crippen molar-refractivity contribution in [3.63, 3.8) is 0 Å². The maximum atomic E-state index is 12.6. The second-order valence-corrected chi connectivity index (χ2v) is 5.63. The van der Waals surface area contributed by atoms with E-state index in [4.69, 9.17) is 5.73 Å². The van der Waals surface area contributed by atoms with Crippen LogP contribution in [0.1, 0.15) is 31.7 Å². The summed E-state index contributed by atoms with van der Waals surface area (Å²) in [7, 11) is 0. The van der Waals surface area contributed by atoms with Crippen molar-refractivity contribution < 1.29 is 13.2 Å². The summed E-state index contributed by atoms with van der Waals surface area (Å²) < 4.78 is 37.7. The fraction of sp³-hybridized carbons (Fsp3) is 0.600. The summed E-state index contributed by atoms with van der Waals surface area (Å²) in [5.41, 5.74) is 5.69. The number of hydrogen-bond donors (Lipinski definition) is 2. The summed E-state index contributed by atoms with van der Waals surface area (Å²) in [6, 6.07) is 3.78. The van der Waals surface area contributed by atoms with Crippen LogP contribution in [0.15, 0.2) is 18.2 Å². The minimum Gasteiger partial charge on any atom is -0.397 e. The quantitative estimate of drug-likeness (QED) is 0.835. The number of halogens is 3. The van der Waals surface area contributed by atoms with Gasteiger partial charge >= 0.3 is 6.18 Å². The van der Waals surface area contributed by atoms with E-state index in [-0.39, 0.29) is 5.69 Å². The van der Waals surface area contributed by atoms with Gasteiger partial charge in [0, 0.05) is 12.6 Å². The standard InChI is InChI=1S/C15H22F3N3/c1-11(21-7-3-2-4-8-21)10-20-14-6-5-12(9-13(14)19)15(16,17)18/h5-6,9,11,20H,2-4,7-8,10,19H2,1H3. The molecule has 0 bridgehead atoms. The monoisotopic (exact) mass is 301 g/mol. The van der Waals surface area contributed by atoms with Gasteiger partial charge in [0.15, 0.2) is 0 Å². The predicted molar refractivity (Wildman–Crippen MR) is 79.2 cm³/mol. The largest absolute Gasteiger partial charge is 0.416 e. The molecule has 0 saturated carbocycles. The molecule has 3 N–H and O–H groups in total. The van der Waals surface area contributed by atoms with E-state index in [9.17, 15) is 13.2 Å². The van der Waals surface area contributed by atoms with Gasteiger partial charge in [0.25, 0.3) is 0 Å². The van der Waals surface area contributed by atoms with Gasteiger partial charge in [0.05, 0.1) is 16.9 Å². The van der Waals surface area contributed by atoms with Gasteiger partial charge in [-0.2, -0.15) is 13.2 Å². The highest BCUT2D eigenvalue weighted by Crippen LogP contribution is 2.32. The van der Waals surface area contributed by atoms with Crippen molar-refractivity contribution in [3.05, 3.63) is 23.8 Å². The van der Waals surface area contributed by atoms with E-state index in [1.165, 1.54) is 25.3 Å². The maximum Gasteiger partial charge on any atom is 0.416 e. The van der Waals surface area contributed by atoms with Gasteiger partial charge < -0.3 is 11.1 Å². The van der Waals surface area contributed by atoms with Crippen molar-refractivity contribution in [1.29, 1.82) is 0 Å². The Balaban J connectivity index is 1.93. The highest BCUT2D eigenvalue weighted by Gasteiger charge is 2.30. The van der Waals surface area contributed by atoms with Crippen molar-refractivity contribution in [1.82, 2.24) is 4.90 Å². The molecule has 1 atom stereocenters.